The van der Waals surface area contributed by atoms with Gasteiger partial charge in [0.25, 0.3) is 0 Å². The lowest BCUT2D eigenvalue weighted by atomic mass is 10.1. The number of halogens is 1. The molecule has 0 atom stereocenters. The van der Waals surface area contributed by atoms with Crippen LogP contribution in [0.4, 0.5) is 11.8 Å². The number of hydrogen-bond donors (Lipinski definition) is 2. The van der Waals surface area contributed by atoms with E-state index in [0.29, 0.717) is 12.5 Å². The van der Waals surface area contributed by atoms with Gasteiger partial charge < -0.3 is 10.6 Å². The second-order valence-corrected chi connectivity index (χ2v) is 5.33. The van der Waals surface area contributed by atoms with Crippen molar-refractivity contribution in [2.45, 2.75) is 26.8 Å². The summed E-state index contributed by atoms with van der Waals surface area (Å²) >= 11 is 3.46. The van der Waals surface area contributed by atoms with E-state index in [1.807, 2.05) is 12.3 Å². The largest absolute Gasteiger partial charge is 0.365 e. The van der Waals surface area contributed by atoms with E-state index in [2.05, 4.69) is 55.4 Å². The second-order valence-electron chi connectivity index (χ2n) is 4.47. The number of nitrogens with zero attached hydrogens (tertiary/aromatic N) is 3. The maximum atomic E-state index is 4.45. The van der Waals surface area contributed by atoms with Crippen LogP contribution in [-0.2, 0) is 6.54 Å². The zero-order valence-corrected chi connectivity index (χ0v) is 13.2. The third-order valence-corrected chi connectivity index (χ3v) is 3.45. The zero-order chi connectivity index (χ0) is 14.4. The first-order valence-electron chi connectivity index (χ1n) is 6.60. The van der Waals surface area contributed by atoms with Gasteiger partial charge in [0.2, 0.25) is 5.95 Å². The lowest BCUT2D eigenvalue weighted by molar-refractivity contribution is 0.947. The van der Waals surface area contributed by atoms with Gasteiger partial charge in [-0.2, -0.15) is 4.98 Å². The summed E-state index contributed by atoms with van der Waals surface area (Å²) in [6.45, 7) is 5.73. The fraction of sp³-hybridized carbons (Fsp3) is 0.357. The molecule has 2 aromatic rings. The Bertz CT molecular complexity index is 573. The third-order valence-electron chi connectivity index (χ3n) is 2.87. The summed E-state index contributed by atoms with van der Waals surface area (Å²) in [6, 6.07) is 2.00. The van der Waals surface area contributed by atoms with Crippen molar-refractivity contribution in [3.05, 3.63) is 40.3 Å². The summed E-state index contributed by atoms with van der Waals surface area (Å²) in [5.74, 6) is 1.42. The molecule has 0 bridgehead atoms. The molecular formula is C14H18BrN5. The normalized spacial score (nSPS) is 10.3. The summed E-state index contributed by atoms with van der Waals surface area (Å²) in [5.41, 5.74) is 2.36. The lowest BCUT2D eigenvalue weighted by Gasteiger charge is -2.11. The monoisotopic (exact) mass is 335 g/mol. The SMILES string of the molecule is CCCNc1ncc(Br)c(NCc2cnccc2C)n1. The molecule has 2 rings (SSSR count). The van der Waals surface area contributed by atoms with Crippen LogP contribution in [-0.4, -0.2) is 21.5 Å². The van der Waals surface area contributed by atoms with E-state index < -0.39 is 0 Å². The minimum absolute atomic E-state index is 0.639. The van der Waals surface area contributed by atoms with Gasteiger partial charge in [-0.3, -0.25) is 4.98 Å². The van der Waals surface area contributed by atoms with E-state index in [9.17, 15) is 0 Å². The van der Waals surface area contributed by atoms with Crippen molar-refractivity contribution in [1.29, 1.82) is 0 Å². The highest BCUT2D eigenvalue weighted by molar-refractivity contribution is 9.10. The van der Waals surface area contributed by atoms with E-state index in [-0.39, 0.29) is 0 Å². The Balaban J connectivity index is 2.07. The Labute approximate surface area is 127 Å². The Morgan fingerprint density at radius 3 is 2.85 bits per heavy atom. The maximum absolute atomic E-state index is 4.45. The van der Waals surface area contributed by atoms with Gasteiger partial charge in [-0.15, -0.1) is 0 Å². The van der Waals surface area contributed by atoms with Crippen LogP contribution in [0, 0.1) is 6.92 Å². The number of hydrogen-bond acceptors (Lipinski definition) is 5. The number of pyridine rings is 1. The van der Waals surface area contributed by atoms with Crippen LogP contribution in [0.25, 0.3) is 0 Å². The van der Waals surface area contributed by atoms with Crippen LogP contribution < -0.4 is 10.6 Å². The number of aryl methyl sites for hydroxylation is 1. The van der Waals surface area contributed by atoms with Crippen molar-refractivity contribution in [3.63, 3.8) is 0 Å². The van der Waals surface area contributed by atoms with Gasteiger partial charge in [-0.1, -0.05) is 6.92 Å². The Morgan fingerprint density at radius 1 is 1.25 bits per heavy atom. The minimum Gasteiger partial charge on any atom is -0.365 e. The molecule has 0 saturated carbocycles. The summed E-state index contributed by atoms with van der Waals surface area (Å²) in [5, 5.41) is 6.48. The first-order chi connectivity index (χ1) is 9.70. The number of aromatic nitrogens is 3. The molecule has 0 aliphatic heterocycles. The molecule has 2 N–H and O–H groups in total. The Morgan fingerprint density at radius 2 is 2.10 bits per heavy atom. The maximum Gasteiger partial charge on any atom is 0.224 e. The average molecular weight is 336 g/mol. The van der Waals surface area contributed by atoms with Crippen molar-refractivity contribution in [1.82, 2.24) is 15.0 Å². The summed E-state index contributed by atoms with van der Waals surface area (Å²) < 4.78 is 0.848. The van der Waals surface area contributed by atoms with Gasteiger partial charge in [-0.05, 0) is 46.5 Å². The van der Waals surface area contributed by atoms with Gasteiger partial charge >= 0.3 is 0 Å². The molecule has 0 saturated heterocycles. The highest BCUT2D eigenvalue weighted by Gasteiger charge is 2.05. The van der Waals surface area contributed by atoms with Crippen LogP contribution in [0.5, 0.6) is 0 Å². The molecule has 0 fully saturated rings. The summed E-state index contributed by atoms with van der Waals surface area (Å²) in [7, 11) is 0. The number of anilines is 2. The molecule has 0 amide bonds. The molecule has 2 heterocycles. The van der Waals surface area contributed by atoms with Crippen LogP contribution >= 0.6 is 15.9 Å². The van der Waals surface area contributed by atoms with E-state index >= 15 is 0 Å². The topological polar surface area (TPSA) is 62.7 Å². The number of nitrogens with one attached hydrogen (secondary N) is 2. The minimum atomic E-state index is 0.639. The van der Waals surface area contributed by atoms with Crippen molar-refractivity contribution in [2.75, 3.05) is 17.2 Å². The smallest absolute Gasteiger partial charge is 0.224 e. The van der Waals surface area contributed by atoms with Crippen molar-refractivity contribution in [3.8, 4) is 0 Å². The fourth-order valence-corrected chi connectivity index (χ4v) is 2.01. The van der Waals surface area contributed by atoms with Crippen molar-refractivity contribution in [2.24, 2.45) is 0 Å². The van der Waals surface area contributed by atoms with Crippen LogP contribution in [0.3, 0.4) is 0 Å². The van der Waals surface area contributed by atoms with E-state index in [0.717, 1.165) is 28.8 Å². The predicted molar refractivity (Wildman–Crippen MR) is 84.8 cm³/mol. The quantitative estimate of drug-likeness (QED) is 0.847. The summed E-state index contributed by atoms with van der Waals surface area (Å²) in [4.78, 5) is 12.8. The van der Waals surface area contributed by atoms with Gasteiger partial charge in [-0.25, -0.2) is 4.98 Å². The van der Waals surface area contributed by atoms with Gasteiger partial charge in [0.05, 0.1) is 4.47 Å². The Kier molecular flexibility index (Phi) is 5.29. The van der Waals surface area contributed by atoms with Gasteiger partial charge in [0, 0.05) is 31.7 Å². The molecular weight excluding hydrogens is 318 g/mol. The van der Waals surface area contributed by atoms with E-state index in [1.54, 1.807) is 12.4 Å². The van der Waals surface area contributed by atoms with Crippen molar-refractivity contribution >= 4 is 27.7 Å². The molecule has 5 nitrogen and oxygen atoms in total. The first kappa shape index (κ1) is 14.7. The van der Waals surface area contributed by atoms with E-state index in [4.69, 9.17) is 0 Å². The van der Waals surface area contributed by atoms with Gasteiger partial charge in [0.15, 0.2) is 0 Å². The Hall–Kier alpha value is -1.69. The fourth-order valence-electron chi connectivity index (χ4n) is 1.67. The molecule has 0 unspecified atom stereocenters. The average Bonchev–Trinajstić information content (AvgIpc) is 2.46. The molecule has 0 aliphatic rings. The molecule has 0 radical (unpaired) electrons. The highest BCUT2D eigenvalue weighted by Crippen LogP contribution is 2.21. The molecule has 20 heavy (non-hydrogen) atoms. The molecule has 0 aliphatic carbocycles. The summed E-state index contributed by atoms with van der Waals surface area (Å²) in [6.07, 6.45) is 6.46. The highest BCUT2D eigenvalue weighted by atomic mass is 79.9. The van der Waals surface area contributed by atoms with Gasteiger partial charge in [0.1, 0.15) is 5.82 Å². The molecule has 2 aromatic heterocycles. The molecule has 106 valence electrons. The van der Waals surface area contributed by atoms with Crippen LogP contribution in [0.2, 0.25) is 0 Å². The standard InChI is InChI=1S/C14H18BrN5/c1-3-5-17-14-19-9-12(15)13(20-14)18-8-11-7-16-6-4-10(11)2/h4,6-7,9H,3,5,8H2,1-2H3,(H2,17,18,19,20). The first-order valence-corrected chi connectivity index (χ1v) is 7.39. The third kappa shape index (κ3) is 3.90. The van der Waals surface area contributed by atoms with E-state index in [1.165, 1.54) is 5.56 Å². The number of rotatable bonds is 6. The lowest BCUT2D eigenvalue weighted by Crippen LogP contribution is -2.08. The molecule has 6 heteroatoms. The second kappa shape index (κ2) is 7.19. The molecule has 0 spiro atoms. The molecule has 0 aromatic carbocycles. The zero-order valence-electron chi connectivity index (χ0n) is 11.7. The van der Waals surface area contributed by atoms with Crippen LogP contribution in [0.1, 0.15) is 24.5 Å². The predicted octanol–water partition coefficient (Wildman–Crippen LogP) is 3.38. The van der Waals surface area contributed by atoms with Crippen molar-refractivity contribution < 1.29 is 0 Å². The van der Waals surface area contributed by atoms with Crippen LogP contribution in [0.15, 0.2) is 29.1 Å².